The monoisotopic (exact) mass is 213 g/mol. The summed E-state index contributed by atoms with van der Waals surface area (Å²) in [6.45, 7) is 0. The SMILES string of the molecule is C1=c2ccccc2=C[SH]1c1ccccn1. The number of fused-ring (bicyclic) bond motifs is 1. The maximum absolute atomic E-state index is 4.41. The van der Waals surface area contributed by atoms with E-state index in [1.54, 1.807) is 0 Å². The molecule has 2 aromatic rings. The zero-order valence-electron chi connectivity index (χ0n) is 8.17. The van der Waals surface area contributed by atoms with Gasteiger partial charge in [0.15, 0.2) is 0 Å². The molecule has 0 spiro atoms. The lowest BCUT2D eigenvalue weighted by atomic mass is 10.3. The van der Waals surface area contributed by atoms with E-state index in [9.17, 15) is 0 Å². The molecule has 2 heterocycles. The van der Waals surface area contributed by atoms with E-state index in [-0.39, 0.29) is 10.9 Å². The van der Waals surface area contributed by atoms with E-state index in [2.05, 4.69) is 52.2 Å². The Morgan fingerprint density at radius 1 is 0.800 bits per heavy atom. The highest BCUT2D eigenvalue weighted by Crippen LogP contribution is 2.38. The first-order chi connectivity index (χ1) is 7.43. The first kappa shape index (κ1) is 8.74. The van der Waals surface area contributed by atoms with E-state index in [1.165, 1.54) is 15.5 Å². The zero-order chi connectivity index (χ0) is 10.1. The van der Waals surface area contributed by atoms with Crippen molar-refractivity contribution >= 4 is 21.7 Å². The van der Waals surface area contributed by atoms with Crippen LogP contribution in [0.4, 0.5) is 0 Å². The van der Waals surface area contributed by atoms with Gasteiger partial charge in [-0.3, -0.25) is 4.98 Å². The lowest BCUT2D eigenvalue weighted by Crippen LogP contribution is -2.19. The maximum atomic E-state index is 4.41. The van der Waals surface area contributed by atoms with Crippen LogP contribution in [-0.2, 0) is 0 Å². The van der Waals surface area contributed by atoms with Crippen molar-refractivity contribution in [1.29, 1.82) is 0 Å². The van der Waals surface area contributed by atoms with Gasteiger partial charge >= 0.3 is 0 Å². The van der Waals surface area contributed by atoms with Crippen LogP contribution >= 0.6 is 10.9 Å². The van der Waals surface area contributed by atoms with Gasteiger partial charge in [0.25, 0.3) is 0 Å². The highest BCUT2D eigenvalue weighted by molar-refractivity contribution is 8.29. The number of pyridine rings is 1. The fourth-order valence-corrected chi connectivity index (χ4v) is 3.59. The Morgan fingerprint density at radius 3 is 2.07 bits per heavy atom. The van der Waals surface area contributed by atoms with Crippen molar-refractivity contribution in [1.82, 2.24) is 4.98 Å². The van der Waals surface area contributed by atoms with E-state index in [0.29, 0.717) is 0 Å². The molecule has 0 atom stereocenters. The molecule has 0 aliphatic carbocycles. The summed E-state index contributed by atoms with van der Waals surface area (Å²) >= 11 is 0. The van der Waals surface area contributed by atoms with Crippen molar-refractivity contribution in [3.8, 4) is 0 Å². The van der Waals surface area contributed by atoms with Crippen LogP contribution in [0.25, 0.3) is 10.8 Å². The third-order valence-corrected chi connectivity index (χ3v) is 4.37. The maximum Gasteiger partial charge on any atom is 0.0834 e. The molecule has 0 amide bonds. The van der Waals surface area contributed by atoms with Crippen LogP contribution < -0.4 is 10.4 Å². The molecule has 1 aliphatic rings. The summed E-state index contributed by atoms with van der Waals surface area (Å²) in [5, 5.41) is 8.52. The van der Waals surface area contributed by atoms with Crippen LogP contribution in [0, 0.1) is 0 Å². The standard InChI is InChI=1S/C13H11NS/c1-2-6-12-10-15(9-11(12)5-1)13-7-3-4-8-14-13/h1-10,15H. The fourth-order valence-electron chi connectivity index (χ4n) is 1.72. The first-order valence-electron chi connectivity index (χ1n) is 4.92. The number of thiol groups is 1. The predicted octanol–water partition coefficient (Wildman–Crippen LogP) is 1.63. The Kier molecular flexibility index (Phi) is 2.07. The molecule has 1 aromatic carbocycles. The number of nitrogens with zero attached hydrogens (tertiary/aromatic N) is 1. The van der Waals surface area contributed by atoms with Gasteiger partial charge in [-0.15, -0.1) is 0 Å². The van der Waals surface area contributed by atoms with Crippen LogP contribution in [0.2, 0.25) is 0 Å². The van der Waals surface area contributed by atoms with Gasteiger partial charge < -0.3 is 0 Å². The van der Waals surface area contributed by atoms with Gasteiger partial charge in [0, 0.05) is 6.20 Å². The van der Waals surface area contributed by atoms with Gasteiger partial charge in [0.05, 0.1) is 5.03 Å². The smallest absolute Gasteiger partial charge is 0.0834 e. The number of rotatable bonds is 1. The molecular formula is C13H11NS. The van der Waals surface area contributed by atoms with Gasteiger partial charge in [-0.05, 0) is 33.4 Å². The molecule has 1 nitrogen and oxygen atoms in total. The predicted molar refractivity (Wildman–Crippen MR) is 66.1 cm³/mol. The van der Waals surface area contributed by atoms with Crippen molar-refractivity contribution in [2.75, 3.05) is 0 Å². The number of aromatic nitrogens is 1. The number of benzene rings is 1. The molecule has 74 valence electrons. The lowest BCUT2D eigenvalue weighted by Gasteiger charge is -2.07. The summed E-state index contributed by atoms with van der Waals surface area (Å²) in [7, 11) is -0.328. The minimum atomic E-state index is -0.328. The van der Waals surface area contributed by atoms with Gasteiger partial charge in [0.1, 0.15) is 0 Å². The van der Waals surface area contributed by atoms with E-state index in [1.807, 2.05) is 12.3 Å². The van der Waals surface area contributed by atoms with E-state index < -0.39 is 0 Å². The minimum absolute atomic E-state index is 0.328. The van der Waals surface area contributed by atoms with E-state index >= 15 is 0 Å². The molecule has 3 rings (SSSR count). The van der Waals surface area contributed by atoms with Crippen molar-refractivity contribution in [2.24, 2.45) is 0 Å². The van der Waals surface area contributed by atoms with Crippen LogP contribution in [0.1, 0.15) is 0 Å². The normalized spacial score (nSPS) is 15.3. The summed E-state index contributed by atoms with van der Waals surface area (Å²) in [6.07, 6.45) is 1.86. The third-order valence-electron chi connectivity index (χ3n) is 2.47. The second-order valence-electron chi connectivity index (χ2n) is 3.48. The fraction of sp³-hybridized carbons (Fsp3) is 0. The zero-order valence-corrected chi connectivity index (χ0v) is 9.06. The molecule has 0 bridgehead atoms. The molecule has 0 saturated carbocycles. The Balaban J connectivity index is 2.12. The number of hydrogen-bond donors (Lipinski definition) is 1. The molecule has 0 fully saturated rings. The van der Waals surface area contributed by atoms with Gasteiger partial charge in [0.2, 0.25) is 0 Å². The molecule has 15 heavy (non-hydrogen) atoms. The Bertz CT molecular complexity index is 554. The largest absolute Gasteiger partial charge is 0.251 e. The van der Waals surface area contributed by atoms with Gasteiger partial charge in [-0.2, -0.15) is 10.9 Å². The van der Waals surface area contributed by atoms with Crippen LogP contribution in [-0.4, -0.2) is 4.98 Å². The summed E-state index contributed by atoms with van der Waals surface area (Å²) in [5.74, 6) is 0. The molecular weight excluding hydrogens is 202 g/mol. The Morgan fingerprint density at radius 2 is 1.47 bits per heavy atom. The first-order valence-corrected chi connectivity index (χ1v) is 6.40. The summed E-state index contributed by atoms with van der Waals surface area (Å²) in [4.78, 5) is 4.41. The molecule has 0 saturated heterocycles. The molecule has 1 aromatic heterocycles. The molecule has 0 unspecified atom stereocenters. The summed E-state index contributed by atoms with van der Waals surface area (Å²) < 4.78 is 0. The van der Waals surface area contributed by atoms with Crippen LogP contribution in [0.5, 0.6) is 0 Å². The number of hydrogen-bond acceptors (Lipinski definition) is 1. The highest BCUT2D eigenvalue weighted by atomic mass is 32.2. The van der Waals surface area contributed by atoms with E-state index in [0.717, 1.165) is 0 Å². The second kappa shape index (κ2) is 3.55. The van der Waals surface area contributed by atoms with Crippen molar-refractivity contribution in [2.45, 2.75) is 5.03 Å². The molecule has 1 aliphatic heterocycles. The van der Waals surface area contributed by atoms with Gasteiger partial charge in [-0.25, -0.2) is 0 Å². The lowest BCUT2D eigenvalue weighted by molar-refractivity contribution is 1.14. The molecule has 0 radical (unpaired) electrons. The topological polar surface area (TPSA) is 12.9 Å². The quantitative estimate of drug-likeness (QED) is 0.710. The molecule has 2 heteroatoms. The highest BCUT2D eigenvalue weighted by Gasteiger charge is 2.05. The van der Waals surface area contributed by atoms with Gasteiger partial charge in [-0.1, -0.05) is 30.3 Å². The van der Waals surface area contributed by atoms with Crippen molar-refractivity contribution in [3.63, 3.8) is 0 Å². The van der Waals surface area contributed by atoms with Crippen LogP contribution in [0.15, 0.2) is 53.7 Å². The minimum Gasteiger partial charge on any atom is -0.251 e. The summed E-state index contributed by atoms with van der Waals surface area (Å²) in [6, 6.07) is 14.6. The average Bonchev–Trinajstić information content (AvgIpc) is 2.74. The molecule has 0 N–H and O–H groups in total. The Labute approximate surface area is 91.1 Å². The van der Waals surface area contributed by atoms with Crippen LogP contribution in [0.3, 0.4) is 0 Å². The third kappa shape index (κ3) is 1.57. The van der Waals surface area contributed by atoms with Crippen molar-refractivity contribution < 1.29 is 0 Å². The summed E-state index contributed by atoms with van der Waals surface area (Å²) in [5.41, 5.74) is 0. The van der Waals surface area contributed by atoms with E-state index in [4.69, 9.17) is 0 Å². The Hall–Kier alpha value is -1.54. The van der Waals surface area contributed by atoms with Crippen molar-refractivity contribution in [3.05, 3.63) is 59.1 Å². The second-order valence-corrected chi connectivity index (χ2v) is 5.27. The average molecular weight is 213 g/mol.